The number of thiophene rings is 1. The van der Waals surface area contributed by atoms with Crippen molar-refractivity contribution in [3.8, 4) is 11.1 Å². The second-order valence-corrected chi connectivity index (χ2v) is 6.95. The summed E-state index contributed by atoms with van der Waals surface area (Å²) in [6.07, 6.45) is -0.602. The van der Waals surface area contributed by atoms with Gasteiger partial charge in [-0.15, -0.1) is 11.3 Å². The van der Waals surface area contributed by atoms with Gasteiger partial charge in [0, 0.05) is 10.9 Å². The summed E-state index contributed by atoms with van der Waals surface area (Å²) in [5.74, 6) is -0.469. The van der Waals surface area contributed by atoms with Crippen LogP contribution >= 0.6 is 11.3 Å². The fourth-order valence-electron chi connectivity index (χ4n) is 2.08. The molecule has 5 nitrogen and oxygen atoms in total. The van der Waals surface area contributed by atoms with E-state index in [-0.39, 0.29) is 6.61 Å². The van der Waals surface area contributed by atoms with Crippen molar-refractivity contribution in [2.24, 2.45) is 0 Å². The minimum absolute atomic E-state index is 0.259. The van der Waals surface area contributed by atoms with Crippen molar-refractivity contribution < 1.29 is 19.1 Å². The third kappa shape index (κ3) is 4.58. The molecule has 0 unspecified atom stereocenters. The zero-order valence-corrected chi connectivity index (χ0v) is 15.0. The highest BCUT2D eigenvalue weighted by atomic mass is 32.1. The molecule has 0 aliphatic rings. The first-order valence-corrected chi connectivity index (χ1v) is 8.54. The van der Waals surface area contributed by atoms with Gasteiger partial charge in [0.1, 0.15) is 16.2 Å². The molecule has 0 aliphatic heterocycles. The third-order valence-corrected chi connectivity index (χ3v) is 3.87. The fourth-order valence-corrected chi connectivity index (χ4v) is 3.03. The van der Waals surface area contributed by atoms with Gasteiger partial charge in [0.2, 0.25) is 0 Å². The van der Waals surface area contributed by atoms with Crippen LogP contribution in [0.15, 0.2) is 35.7 Å². The van der Waals surface area contributed by atoms with Crippen molar-refractivity contribution >= 4 is 28.4 Å². The lowest BCUT2D eigenvalue weighted by Crippen LogP contribution is -2.27. The Bertz CT molecular complexity index is 716. The van der Waals surface area contributed by atoms with Gasteiger partial charge in [-0.1, -0.05) is 30.3 Å². The van der Waals surface area contributed by atoms with Crippen LogP contribution in [0.2, 0.25) is 0 Å². The third-order valence-electron chi connectivity index (χ3n) is 2.97. The van der Waals surface area contributed by atoms with Gasteiger partial charge in [0.25, 0.3) is 0 Å². The zero-order valence-electron chi connectivity index (χ0n) is 14.2. The van der Waals surface area contributed by atoms with Gasteiger partial charge >= 0.3 is 12.1 Å². The van der Waals surface area contributed by atoms with Crippen LogP contribution in [0.5, 0.6) is 0 Å². The van der Waals surface area contributed by atoms with Crippen molar-refractivity contribution in [2.75, 3.05) is 11.9 Å². The quantitative estimate of drug-likeness (QED) is 0.796. The van der Waals surface area contributed by atoms with Gasteiger partial charge < -0.3 is 9.47 Å². The van der Waals surface area contributed by atoms with E-state index in [0.717, 1.165) is 11.1 Å². The summed E-state index contributed by atoms with van der Waals surface area (Å²) in [6, 6.07) is 9.50. The van der Waals surface area contributed by atoms with Crippen molar-refractivity contribution in [3.05, 3.63) is 41.3 Å². The molecule has 6 heteroatoms. The first-order valence-electron chi connectivity index (χ1n) is 7.66. The average Bonchev–Trinajstić information content (AvgIpc) is 2.90. The number of benzene rings is 1. The van der Waals surface area contributed by atoms with E-state index in [1.165, 1.54) is 11.3 Å². The standard InChI is InChI=1S/C18H21NO4S/c1-5-22-16(20)14-13(12-9-7-6-8-10-12)11-24-15(14)19-17(21)23-18(2,3)4/h6-11H,5H2,1-4H3,(H,19,21). The summed E-state index contributed by atoms with van der Waals surface area (Å²) in [5, 5.41) is 4.90. The Morgan fingerprint density at radius 2 is 1.83 bits per heavy atom. The Morgan fingerprint density at radius 3 is 2.42 bits per heavy atom. The van der Waals surface area contributed by atoms with E-state index >= 15 is 0 Å². The molecule has 0 radical (unpaired) electrons. The van der Waals surface area contributed by atoms with Gasteiger partial charge in [-0.05, 0) is 33.3 Å². The number of anilines is 1. The van der Waals surface area contributed by atoms with Gasteiger partial charge in [-0.3, -0.25) is 5.32 Å². The Labute approximate surface area is 145 Å². The lowest BCUT2D eigenvalue weighted by molar-refractivity contribution is 0.0529. The Kier molecular flexibility index (Phi) is 5.62. The van der Waals surface area contributed by atoms with E-state index < -0.39 is 17.7 Å². The molecule has 0 fully saturated rings. The first-order chi connectivity index (χ1) is 11.3. The number of amides is 1. The van der Waals surface area contributed by atoms with Gasteiger partial charge in [0.05, 0.1) is 6.61 Å². The zero-order chi connectivity index (χ0) is 17.7. The lowest BCUT2D eigenvalue weighted by atomic mass is 10.0. The van der Waals surface area contributed by atoms with E-state index in [2.05, 4.69) is 5.32 Å². The summed E-state index contributed by atoms with van der Waals surface area (Å²) in [6.45, 7) is 7.34. The number of rotatable bonds is 4. The first kappa shape index (κ1) is 18.0. The van der Waals surface area contributed by atoms with Crippen LogP contribution in [0, 0.1) is 0 Å². The molecule has 1 amide bonds. The summed E-state index contributed by atoms with van der Waals surface area (Å²) >= 11 is 1.27. The highest BCUT2D eigenvalue weighted by Crippen LogP contribution is 2.36. The van der Waals surface area contributed by atoms with Crippen LogP contribution < -0.4 is 5.32 Å². The maximum absolute atomic E-state index is 12.4. The number of carbonyl (C=O) groups is 2. The molecule has 0 saturated carbocycles. The van der Waals surface area contributed by atoms with Gasteiger partial charge in [0.15, 0.2) is 0 Å². The normalized spacial score (nSPS) is 11.0. The van der Waals surface area contributed by atoms with E-state index in [1.807, 2.05) is 35.7 Å². The second kappa shape index (κ2) is 7.49. The molecule has 2 aromatic rings. The summed E-state index contributed by atoms with van der Waals surface area (Å²) in [7, 11) is 0. The Balaban J connectivity index is 2.36. The molecule has 0 atom stereocenters. The molecule has 128 valence electrons. The monoisotopic (exact) mass is 347 g/mol. The molecule has 0 spiro atoms. The SMILES string of the molecule is CCOC(=O)c1c(-c2ccccc2)csc1NC(=O)OC(C)(C)C. The Hall–Kier alpha value is -2.34. The average molecular weight is 347 g/mol. The van der Waals surface area contributed by atoms with Crippen LogP contribution in [-0.4, -0.2) is 24.3 Å². The summed E-state index contributed by atoms with van der Waals surface area (Å²) in [4.78, 5) is 24.4. The van der Waals surface area contributed by atoms with Crippen LogP contribution in [0.25, 0.3) is 11.1 Å². The van der Waals surface area contributed by atoms with E-state index in [9.17, 15) is 9.59 Å². The molecule has 1 N–H and O–H groups in total. The van der Waals surface area contributed by atoms with Crippen molar-refractivity contribution in [1.29, 1.82) is 0 Å². The van der Waals surface area contributed by atoms with Crippen LogP contribution in [0.3, 0.4) is 0 Å². The molecule has 1 aromatic heterocycles. The maximum Gasteiger partial charge on any atom is 0.412 e. The highest BCUT2D eigenvalue weighted by Gasteiger charge is 2.24. The van der Waals surface area contributed by atoms with E-state index in [0.29, 0.717) is 10.6 Å². The molecule has 1 heterocycles. The molecule has 24 heavy (non-hydrogen) atoms. The number of esters is 1. The summed E-state index contributed by atoms with van der Waals surface area (Å²) < 4.78 is 10.4. The molecule has 0 saturated heterocycles. The molecule has 0 aliphatic carbocycles. The van der Waals surface area contributed by atoms with E-state index in [1.54, 1.807) is 27.7 Å². The lowest BCUT2D eigenvalue weighted by Gasteiger charge is -2.19. The van der Waals surface area contributed by atoms with Crippen LogP contribution in [0.1, 0.15) is 38.1 Å². The predicted octanol–water partition coefficient (Wildman–Crippen LogP) is 4.94. The minimum Gasteiger partial charge on any atom is -0.462 e. The number of hydrogen-bond acceptors (Lipinski definition) is 5. The van der Waals surface area contributed by atoms with Gasteiger partial charge in [-0.25, -0.2) is 9.59 Å². The molecular weight excluding hydrogens is 326 g/mol. The largest absolute Gasteiger partial charge is 0.462 e. The topological polar surface area (TPSA) is 64.6 Å². The molecule has 2 rings (SSSR count). The summed E-state index contributed by atoms with van der Waals surface area (Å²) in [5.41, 5.74) is 1.34. The highest BCUT2D eigenvalue weighted by molar-refractivity contribution is 7.15. The van der Waals surface area contributed by atoms with Crippen molar-refractivity contribution in [2.45, 2.75) is 33.3 Å². The van der Waals surface area contributed by atoms with Crippen molar-refractivity contribution in [3.63, 3.8) is 0 Å². The number of ether oxygens (including phenoxy) is 2. The number of carbonyl (C=O) groups excluding carboxylic acids is 2. The molecule has 0 bridgehead atoms. The van der Waals surface area contributed by atoms with Gasteiger partial charge in [-0.2, -0.15) is 0 Å². The van der Waals surface area contributed by atoms with Crippen LogP contribution in [-0.2, 0) is 9.47 Å². The molecular formula is C18H21NO4S. The molecule has 1 aromatic carbocycles. The Morgan fingerprint density at radius 1 is 1.17 bits per heavy atom. The number of hydrogen-bond donors (Lipinski definition) is 1. The minimum atomic E-state index is -0.617. The second-order valence-electron chi connectivity index (χ2n) is 6.07. The van der Waals surface area contributed by atoms with Crippen LogP contribution in [0.4, 0.5) is 9.80 Å². The van der Waals surface area contributed by atoms with E-state index in [4.69, 9.17) is 9.47 Å². The predicted molar refractivity (Wildman–Crippen MR) is 95.6 cm³/mol. The van der Waals surface area contributed by atoms with Crippen molar-refractivity contribution in [1.82, 2.24) is 0 Å². The number of nitrogens with one attached hydrogen (secondary N) is 1. The fraction of sp³-hybridized carbons (Fsp3) is 0.333. The smallest absolute Gasteiger partial charge is 0.412 e. The maximum atomic E-state index is 12.4.